The Morgan fingerprint density at radius 3 is 2.26 bits per heavy atom. The second-order valence-electron chi connectivity index (χ2n) is 5.09. The molecule has 0 spiro atoms. The largest absolute Gasteiger partial charge is 0.365 e. The van der Waals surface area contributed by atoms with Crippen LogP contribution in [0.5, 0.6) is 0 Å². The number of amides is 1. The van der Waals surface area contributed by atoms with Gasteiger partial charge in [-0.2, -0.15) is 0 Å². The van der Waals surface area contributed by atoms with E-state index in [1.807, 2.05) is 56.1 Å². The van der Waals surface area contributed by atoms with Crippen molar-refractivity contribution in [3.63, 3.8) is 0 Å². The minimum Gasteiger partial charge on any atom is -0.365 e. The lowest BCUT2D eigenvalue weighted by Gasteiger charge is -2.23. The lowest BCUT2D eigenvalue weighted by molar-refractivity contribution is -0.127. The van der Waals surface area contributed by atoms with Crippen molar-refractivity contribution in [3.05, 3.63) is 30.3 Å². The summed E-state index contributed by atoms with van der Waals surface area (Å²) < 4.78 is 0. The maximum absolute atomic E-state index is 11.9. The molecular formula is C15H22N2O2. The van der Waals surface area contributed by atoms with Gasteiger partial charge in [0.2, 0.25) is 5.91 Å². The van der Waals surface area contributed by atoms with Gasteiger partial charge < -0.3 is 10.2 Å². The number of para-hydroxylation sites is 1. The molecule has 1 amide bonds. The minimum absolute atomic E-state index is 0.00860. The molecular weight excluding hydrogens is 240 g/mol. The zero-order chi connectivity index (χ0) is 14.4. The Hall–Kier alpha value is -1.84. The van der Waals surface area contributed by atoms with Crippen molar-refractivity contribution < 1.29 is 9.59 Å². The predicted octanol–water partition coefficient (Wildman–Crippen LogP) is 1.85. The fraction of sp³-hybridized carbons (Fsp3) is 0.467. The van der Waals surface area contributed by atoms with Gasteiger partial charge in [0.1, 0.15) is 0 Å². The lowest BCUT2D eigenvalue weighted by Crippen LogP contribution is -2.46. The van der Waals surface area contributed by atoms with Gasteiger partial charge in [-0.05, 0) is 25.0 Å². The molecule has 0 saturated heterocycles. The Balaban J connectivity index is 2.58. The van der Waals surface area contributed by atoms with Gasteiger partial charge in [-0.15, -0.1) is 0 Å². The van der Waals surface area contributed by atoms with Crippen molar-refractivity contribution in [2.75, 3.05) is 18.5 Å². The van der Waals surface area contributed by atoms with Gasteiger partial charge in [0.25, 0.3) is 0 Å². The van der Waals surface area contributed by atoms with Crippen molar-refractivity contribution in [1.29, 1.82) is 0 Å². The molecule has 4 nitrogen and oxygen atoms in total. The number of hydrogen-bond donors (Lipinski definition) is 1. The number of carbonyl (C=O) groups excluding carboxylic acids is 2. The van der Waals surface area contributed by atoms with E-state index < -0.39 is 6.04 Å². The summed E-state index contributed by atoms with van der Waals surface area (Å²) in [5.41, 5.74) is 0.974. The molecule has 0 radical (unpaired) electrons. The first-order valence-corrected chi connectivity index (χ1v) is 6.47. The van der Waals surface area contributed by atoms with Gasteiger partial charge in [0.15, 0.2) is 5.78 Å². The molecule has 1 aromatic rings. The average molecular weight is 262 g/mol. The smallest absolute Gasteiger partial charge is 0.240 e. The van der Waals surface area contributed by atoms with Crippen molar-refractivity contribution in [2.24, 2.45) is 5.92 Å². The molecule has 0 bridgehead atoms. The number of nitrogens with zero attached hydrogens (tertiary/aromatic N) is 1. The summed E-state index contributed by atoms with van der Waals surface area (Å²) >= 11 is 0. The Morgan fingerprint density at radius 1 is 1.21 bits per heavy atom. The lowest BCUT2D eigenvalue weighted by atomic mass is 10.0. The van der Waals surface area contributed by atoms with Crippen molar-refractivity contribution in [1.82, 2.24) is 5.32 Å². The van der Waals surface area contributed by atoms with Crippen LogP contribution in [0.1, 0.15) is 20.8 Å². The average Bonchev–Trinajstić information content (AvgIpc) is 2.36. The highest BCUT2D eigenvalue weighted by Gasteiger charge is 2.21. The fourth-order valence-corrected chi connectivity index (χ4v) is 1.95. The molecule has 0 heterocycles. The summed E-state index contributed by atoms with van der Waals surface area (Å²) in [5.74, 6) is -0.0468. The Morgan fingerprint density at radius 2 is 1.79 bits per heavy atom. The summed E-state index contributed by atoms with van der Waals surface area (Å²) in [4.78, 5) is 25.2. The van der Waals surface area contributed by atoms with Crippen LogP contribution in [0.4, 0.5) is 5.69 Å². The van der Waals surface area contributed by atoms with E-state index in [2.05, 4.69) is 5.32 Å². The summed E-state index contributed by atoms with van der Waals surface area (Å²) in [7, 11) is 1.85. The normalized spacial score (nSPS) is 12.1. The third-order valence-electron chi connectivity index (χ3n) is 3.00. The summed E-state index contributed by atoms with van der Waals surface area (Å²) in [6, 6.07) is 9.27. The molecule has 0 fully saturated rings. The topological polar surface area (TPSA) is 49.4 Å². The first kappa shape index (κ1) is 15.2. The quantitative estimate of drug-likeness (QED) is 0.851. The van der Waals surface area contributed by atoms with E-state index in [1.54, 1.807) is 0 Å². The number of hydrogen-bond acceptors (Lipinski definition) is 3. The molecule has 104 valence electrons. The highest BCUT2D eigenvalue weighted by molar-refractivity contribution is 5.89. The second kappa shape index (κ2) is 6.92. The van der Waals surface area contributed by atoms with E-state index in [0.29, 0.717) is 0 Å². The molecule has 0 saturated carbocycles. The number of nitrogens with one attached hydrogen (secondary N) is 1. The summed E-state index contributed by atoms with van der Waals surface area (Å²) in [6.07, 6.45) is 0. The van der Waals surface area contributed by atoms with Gasteiger partial charge >= 0.3 is 0 Å². The molecule has 4 heteroatoms. The summed E-state index contributed by atoms with van der Waals surface area (Å²) in [6.45, 7) is 5.59. The Bertz CT molecular complexity index is 429. The van der Waals surface area contributed by atoms with Crippen LogP contribution in [0.2, 0.25) is 0 Å². The number of Topliss-reactive ketones (excluding diaryl/α,β-unsaturated/α-hetero) is 1. The third kappa shape index (κ3) is 4.73. The van der Waals surface area contributed by atoms with Crippen LogP contribution in [0.25, 0.3) is 0 Å². The van der Waals surface area contributed by atoms with Crippen LogP contribution in [-0.2, 0) is 9.59 Å². The molecule has 19 heavy (non-hydrogen) atoms. The van der Waals surface area contributed by atoms with E-state index in [-0.39, 0.29) is 24.2 Å². The molecule has 0 aliphatic heterocycles. The maximum Gasteiger partial charge on any atom is 0.240 e. The highest BCUT2D eigenvalue weighted by atomic mass is 16.2. The molecule has 0 aliphatic carbocycles. The zero-order valence-electron chi connectivity index (χ0n) is 12.0. The molecule has 1 rings (SSSR count). The molecule has 0 aromatic heterocycles. The van der Waals surface area contributed by atoms with Crippen LogP contribution >= 0.6 is 0 Å². The molecule has 1 atom stereocenters. The van der Waals surface area contributed by atoms with Gasteiger partial charge in [0.05, 0.1) is 12.6 Å². The number of rotatable bonds is 6. The number of benzene rings is 1. The molecule has 1 unspecified atom stereocenters. The van der Waals surface area contributed by atoms with E-state index in [4.69, 9.17) is 0 Å². The van der Waals surface area contributed by atoms with E-state index in [1.165, 1.54) is 6.92 Å². The van der Waals surface area contributed by atoms with Crippen LogP contribution in [0.3, 0.4) is 0 Å². The third-order valence-corrected chi connectivity index (χ3v) is 3.00. The Kier molecular flexibility index (Phi) is 5.55. The van der Waals surface area contributed by atoms with Crippen molar-refractivity contribution in [2.45, 2.75) is 26.8 Å². The van der Waals surface area contributed by atoms with Crippen molar-refractivity contribution >= 4 is 17.4 Å². The SMILES string of the molecule is CC(=O)C(NC(=O)CN(C)c1ccccc1)C(C)C. The van der Waals surface area contributed by atoms with Gasteiger partial charge in [-0.1, -0.05) is 32.0 Å². The first-order chi connectivity index (χ1) is 8.91. The zero-order valence-corrected chi connectivity index (χ0v) is 12.0. The fourth-order valence-electron chi connectivity index (χ4n) is 1.95. The van der Waals surface area contributed by atoms with Gasteiger partial charge in [-0.25, -0.2) is 0 Å². The minimum atomic E-state index is -0.406. The van der Waals surface area contributed by atoms with E-state index >= 15 is 0 Å². The Labute approximate surface area is 114 Å². The monoisotopic (exact) mass is 262 g/mol. The van der Waals surface area contributed by atoms with Crippen LogP contribution in [-0.4, -0.2) is 31.3 Å². The number of likely N-dealkylation sites (N-methyl/N-ethyl adjacent to an activating group) is 1. The van der Waals surface area contributed by atoms with Gasteiger partial charge in [-0.3, -0.25) is 9.59 Å². The predicted molar refractivity (Wildman–Crippen MR) is 77.2 cm³/mol. The number of carbonyl (C=O) groups is 2. The standard InChI is InChI=1S/C15H22N2O2/c1-11(2)15(12(3)18)16-14(19)10-17(4)13-8-6-5-7-9-13/h5-9,11,15H,10H2,1-4H3,(H,16,19). The van der Waals surface area contributed by atoms with Crippen LogP contribution < -0.4 is 10.2 Å². The van der Waals surface area contributed by atoms with Crippen LogP contribution in [0, 0.1) is 5.92 Å². The highest BCUT2D eigenvalue weighted by Crippen LogP contribution is 2.10. The molecule has 1 aromatic carbocycles. The van der Waals surface area contributed by atoms with E-state index in [9.17, 15) is 9.59 Å². The summed E-state index contributed by atoms with van der Waals surface area (Å²) in [5, 5.41) is 2.79. The maximum atomic E-state index is 11.9. The van der Waals surface area contributed by atoms with E-state index in [0.717, 1.165) is 5.69 Å². The first-order valence-electron chi connectivity index (χ1n) is 6.47. The number of anilines is 1. The molecule has 0 aliphatic rings. The second-order valence-corrected chi connectivity index (χ2v) is 5.09. The number of ketones is 1. The van der Waals surface area contributed by atoms with Gasteiger partial charge in [0, 0.05) is 12.7 Å². The van der Waals surface area contributed by atoms with Crippen LogP contribution in [0.15, 0.2) is 30.3 Å². The molecule has 1 N–H and O–H groups in total. The van der Waals surface area contributed by atoms with Crippen molar-refractivity contribution in [3.8, 4) is 0 Å².